The van der Waals surface area contributed by atoms with Crippen LogP contribution in [0.2, 0.25) is 0 Å². The molecule has 2 rings (SSSR count). The van der Waals surface area contributed by atoms with Gasteiger partial charge in [-0.25, -0.2) is 9.78 Å². The highest BCUT2D eigenvalue weighted by atomic mass is 16.6. The number of rotatable bonds is 3. The molecule has 130 valence electrons. The molecule has 0 aliphatic heterocycles. The van der Waals surface area contributed by atoms with Crippen molar-refractivity contribution in [1.29, 1.82) is 5.26 Å². The Morgan fingerprint density at radius 2 is 1.96 bits per heavy atom. The predicted octanol–water partition coefficient (Wildman–Crippen LogP) is 2.91. The second-order valence-electron chi connectivity index (χ2n) is 7.05. The van der Waals surface area contributed by atoms with E-state index >= 15 is 0 Å². The Morgan fingerprint density at radius 3 is 2.54 bits per heavy atom. The molecule has 0 spiro atoms. The first-order valence-electron chi connectivity index (χ1n) is 8.12. The van der Waals surface area contributed by atoms with Gasteiger partial charge in [-0.2, -0.15) is 5.26 Å². The van der Waals surface area contributed by atoms with Gasteiger partial charge in [0.1, 0.15) is 11.7 Å². The van der Waals surface area contributed by atoms with Crippen molar-refractivity contribution in [2.24, 2.45) is 0 Å². The molecular weight excluding hydrogens is 308 g/mol. The van der Waals surface area contributed by atoms with E-state index in [0.717, 1.165) is 25.7 Å². The summed E-state index contributed by atoms with van der Waals surface area (Å²) in [5.41, 5.74) is 0.368. The van der Waals surface area contributed by atoms with Crippen LogP contribution in [0.1, 0.15) is 52.0 Å². The normalized spacial score (nSPS) is 20.8. The van der Waals surface area contributed by atoms with Gasteiger partial charge in [-0.3, -0.25) is 0 Å². The van der Waals surface area contributed by atoms with E-state index in [1.165, 1.54) is 6.20 Å². The zero-order valence-electron chi connectivity index (χ0n) is 14.3. The molecular formula is C17H24N4O3. The minimum atomic E-state index is -0.501. The highest BCUT2D eigenvalue weighted by Gasteiger charge is 2.25. The minimum absolute atomic E-state index is 0.0927. The zero-order chi connectivity index (χ0) is 17.7. The molecule has 1 aliphatic rings. The van der Waals surface area contributed by atoms with Crippen LogP contribution >= 0.6 is 0 Å². The van der Waals surface area contributed by atoms with Crippen LogP contribution in [0, 0.1) is 11.3 Å². The third-order valence-electron chi connectivity index (χ3n) is 3.80. The van der Waals surface area contributed by atoms with Gasteiger partial charge in [0.2, 0.25) is 5.88 Å². The molecule has 3 N–H and O–H groups in total. The number of aromatic nitrogens is 1. The number of aromatic hydroxyl groups is 1. The van der Waals surface area contributed by atoms with Gasteiger partial charge >= 0.3 is 6.09 Å². The third-order valence-corrected chi connectivity index (χ3v) is 3.80. The van der Waals surface area contributed by atoms with Crippen molar-refractivity contribution in [3.05, 3.63) is 17.8 Å². The summed E-state index contributed by atoms with van der Waals surface area (Å²) in [4.78, 5) is 15.6. The molecule has 1 amide bonds. The number of pyridine rings is 1. The lowest BCUT2D eigenvalue weighted by Crippen LogP contribution is -2.42. The first kappa shape index (κ1) is 17.9. The van der Waals surface area contributed by atoms with Crippen molar-refractivity contribution < 1.29 is 14.6 Å². The second kappa shape index (κ2) is 7.39. The van der Waals surface area contributed by atoms with Crippen LogP contribution in [0.15, 0.2) is 12.3 Å². The van der Waals surface area contributed by atoms with E-state index in [1.807, 2.05) is 26.8 Å². The number of carbonyl (C=O) groups is 1. The lowest BCUT2D eigenvalue weighted by molar-refractivity contribution is 0.0492. The van der Waals surface area contributed by atoms with Crippen LogP contribution in [-0.4, -0.2) is 33.9 Å². The number of hydrogen-bond acceptors (Lipinski definition) is 6. The number of anilines is 1. The van der Waals surface area contributed by atoms with Crippen LogP contribution in [0.4, 0.5) is 10.5 Å². The fraction of sp³-hybridized carbons (Fsp3) is 0.588. The Bertz CT molecular complexity index is 626. The van der Waals surface area contributed by atoms with Crippen molar-refractivity contribution in [3.63, 3.8) is 0 Å². The van der Waals surface area contributed by atoms with Crippen LogP contribution in [-0.2, 0) is 4.74 Å². The molecule has 7 nitrogen and oxygen atoms in total. The maximum absolute atomic E-state index is 11.8. The number of nitrogens with one attached hydrogen (secondary N) is 2. The Labute approximate surface area is 142 Å². The predicted molar refractivity (Wildman–Crippen MR) is 89.7 cm³/mol. The van der Waals surface area contributed by atoms with Crippen LogP contribution in [0.25, 0.3) is 0 Å². The second-order valence-corrected chi connectivity index (χ2v) is 7.05. The van der Waals surface area contributed by atoms with E-state index in [0.29, 0.717) is 11.3 Å². The first-order valence-corrected chi connectivity index (χ1v) is 8.12. The van der Waals surface area contributed by atoms with Gasteiger partial charge in [-0.1, -0.05) is 0 Å². The molecule has 0 unspecified atom stereocenters. The summed E-state index contributed by atoms with van der Waals surface area (Å²) in [5, 5.41) is 24.8. The average Bonchev–Trinajstić information content (AvgIpc) is 2.49. The molecule has 0 aromatic carbocycles. The Hall–Kier alpha value is -2.49. The van der Waals surface area contributed by atoms with Gasteiger partial charge in [-0.05, 0) is 52.5 Å². The monoisotopic (exact) mass is 332 g/mol. The molecule has 1 aliphatic carbocycles. The van der Waals surface area contributed by atoms with Gasteiger partial charge < -0.3 is 20.5 Å². The van der Waals surface area contributed by atoms with Gasteiger partial charge in [0.25, 0.3) is 0 Å². The van der Waals surface area contributed by atoms with E-state index in [2.05, 4.69) is 15.6 Å². The number of amides is 1. The van der Waals surface area contributed by atoms with Crippen LogP contribution in [0.3, 0.4) is 0 Å². The fourth-order valence-electron chi connectivity index (χ4n) is 2.70. The molecule has 0 bridgehead atoms. The minimum Gasteiger partial charge on any atom is -0.492 e. The molecule has 1 aromatic heterocycles. The van der Waals surface area contributed by atoms with Gasteiger partial charge in [0, 0.05) is 18.3 Å². The molecule has 7 heteroatoms. The number of nitriles is 1. The standard InChI is InChI=1S/C17H24N4O3/c1-17(2,3)24-16(23)21-13-6-4-12(5-7-13)20-14-8-11(9-18)10-19-15(14)22/h8,10,12-13,20H,4-7H2,1-3H3,(H,19,22)(H,21,23). The van der Waals surface area contributed by atoms with Crippen molar-refractivity contribution in [1.82, 2.24) is 10.3 Å². The van der Waals surface area contributed by atoms with E-state index in [4.69, 9.17) is 10.00 Å². The number of alkyl carbamates (subject to hydrolysis) is 1. The molecule has 24 heavy (non-hydrogen) atoms. The van der Waals surface area contributed by atoms with Gasteiger partial charge in [-0.15, -0.1) is 0 Å². The molecule has 0 radical (unpaired) electrons. The van der Waals surface area contributed by atoms with E-state index < -0.39 is 5.60 Å². The number of carbonyl (C=O) groups excluding carboxylic acids is 1. The van der Waals surface area contributed by atoms with Crippen molar-refractivity contribution in [2.75, 3.05) is 5.32 Å². The van der Waals surface area contributed by atoms with Crippen molar-refractivity contribution in [2.45, 2.75) is 64.1 Å². The fourth-order valence-corrected chi connectivity index (χ4v) is 2.70. The molecule has 1 heterocycles. The number of hydrogen-bond donors (Lipinski definition) is 3. The Kier molecular flexibility index (Phi) is 5.50. The first-order chi connectivity index (χ1) is 11.3. The van der Waals surface area contributed by atoms with Gasteiger partial charge in [0.15, 0.2) is 0 Å². The lowest BCUT2D eigenvalue weighted by Gasteiger charge is -2.31. The van der Waals surface area contributed by atoms with Crippen molar-refractivity contribution in [3.8, 4) is 11.9 Å². The van der Waals surface area contributed by atoms with Crippen LogP contribution < -0.4 is 10.6 Å². The summed E-state index contributed by atoms with van der Waals surface area (Å²) < 4.78 is 5.27. The van der Waals surface area contributed by atoms with Crippen molar-refractivity contribution >= 4 is 11.8 Å². The highest BCUT2D eigenvalue weighted by Crippen LogP contribution is 2.27. The lowest BCUT2D eigenvalue weighted by atomic mass is 9.91. The highest BCUT2D eigenvalue weighted by molar-refractivity contribution is 5.68. The number of ether oxygens (including phenoxy) is 1. The van der Waals surface area contributed by atoms with E-state index in [-0.39, 0.29) is 24.1 Å². The summed E-state index contributed by atoms with van der Waals surface area (Å²) in [7, 11) is 0. The summed E-state index contributed by atoms with van der Waals surface area (Å²) >= 11 is 0. The largest absolute Gasteiger partial charge is 0.492 e. The Morgan fingerprint density at radius 1 is 1.33 bits per heavy atom. The zero-order valence-corrected chi connectivity index (χ0v) is 14.3. The van der Waals surface area contributed by atoms with Crippen LogP contribution in [0.5, 0.6) is 5.88 Å². The quantitative estimate of drug-likeness (QED) is 0.785. The molecule has 1 aromatic rings. The topological polar surface area (TPSA) is 107 Å². The Balaban J connectivity index is 1.83. The number of nitrogens with zero attached hydrogens (tertiary/aromatic N) is 2. The summed E-state index contributed by atoms with van der Waals surface area (Å²) in [6.07, 6.45) is 4.28. The molecule has 0 saturated heterocycles. The maximum atomic E-state index is 11.8. The van der Waals surface area contributed by atoms with E-state index in [9.17, 15) is 9.90 Å². The molecule has 1 saturated carbocycles. The summed E-state index contributed by atoms with van der Waals surface area (Å²) in [6.45, 7) is 5.51. The molecule has 1 fully saturated rings. The smallest absolute Gasteiger partial charge is 0.407 e. The summed E-state index contributed by atoms with van der Waals surface area (Å²) in [6, 6.07) is 3.86. The van der Waals surface area contributed by atoms with Gasteiger partial charge in [0.05, 0.1) is 11.3 Å². The average molecular weight is 332 g/mol. The maximum Gasteiger partial charge on any atom is 0.407 e. The van der Waals surface area contributed by atoms with E-state index in [1.54, 1.807) is 6.07 Å². The third kappa shape index (κ3) is 5.30. The molecule has 0 atom stereocenters. The summed E-state index contributed by atoms with van der Waals surface area (Å²) in [5.74, 6) is -0.108. The SMILES string of the molecule is CC(C)(C)OC(=O)NC1CCC(Nc2cc(C#N)cnc2O)CC1.